The molecule has 1 saturated carbocycles. The SMILES string of the molecule is CCC1CCC(NC(=O)c2cnn3ccc(C4=C[C@@H](C)NCc5nc(C)ncc54)cc23)CC1. The van der Waals surface area contributed by atoms with Crippen molar-refractivity contribution >= 4 is 17.0 Å². The zero-order valence-corrected chi connectivity index (χ0v) is 19.6. The van der Waals surface area contributed by atoms with Gasteiger partial charge in [-0.15, -0.1) is 0 Å². The molecule has 1 atom stereocenters. The molecule has 5 rings (SSSR count). The summed E-state index contributed by atoms with van der Waals surface area (Å²) in [4.78, 5) is 22.3. The topological polar surface area (TPSA) is 84.2 Å². The molecule has 1 aliphatic carbocycles. The van der Waals surface area contributed by atoms with Crippen LogP contribution < -0.4 is 10.6 Å². The number of aryl methyl sites for hydroxylation is 1. The van der Waals surface area contributed by atoms with Gasteiger partial charge >= 0.3 is 0 Å². The number of carbonyl (C=O) groups is 1. The van der Waals surface area contributed by atoms with Gasteiger partial charge in [-0.2, -0.15) is 5.10 Å². The van der Waals surface area contributed by atoms with E-state index in [1.54, 1.807) is 10.7 Å². The second-order valence-electron chi connectivity index (χ2n) is 9.43. The highest BCUT2D eigenvalue weighted by molar-refractivity contribution is 6.01. The highest BCUT2D eigenvalue weighted by atomic mass is 16.1. The average Bonchev–Trinajstić information content (AvgIpc) is 3.18. The Balaban J connectivity index is 1.46. The van der Waals surface area contributed by atoms with E-state index in [9.17, 15) is 4.79 Å². The van der Waals surface area contributed by atoms with Crippen LogP contribution in [-0.2, 0) is 6.54 Å². The normalized spacial score (nSPS) is 23.0. The number of rotatable bonds is 4. The van der Waals surface area contributed by atoms with Crippen molar-refractivity contribution in [2.75, 3.05) is 0 Å². The number of pyridine rings is 1. The Morgan fingerprint density at radius 1 is 1.24 bits per heavy atom. The van der Waals surface area contributed by atoms with E-state index in [1.807, 2.05) is 25.4 Å². The summed E-state index contributed by atoms with van der Waals surface area (Å²) in [5.41, 5.74) is 5.56. The quantitative estimate of drug-likeness (QED) is 0.634. The Labute approximate surface area is 194 Å². The molecule has 1 amide bonds. The molecule has 4 heterocycles. The first-order chi connectivity index (χ1) is 16.0. The first-order valence-electron chi connectivity index (χ1n) is 12.1. The summed E-state index contributed by atoms with van der Waals surface area (Å²) >= 11 is 0. The van der Waals surface area contributed by atoms with Gasteiger partial charge in [0.1, 0.15) is 5.82 Å². The number of carbonyl (C=O) groups excluding carboxylic acids is 1. The molecule has 33 heavy (non-hydrogen) atoms. The molecule has 7 heteroatoms. The fourth-order valence-electron chi connectivity index (χ4n) is 5.09. The molecule has 172 valence electrons. The Morgan fingerprint density at radius 2 is 2.06 bits per heavy atom. The van der Waals surface area contributed by atoms with Gasteiger partial charge in [0.05, 0.1) is 23.0 Å². The van der Waals surface area contributed by atoms with Gasteiger partial charge in [-0.1, -0.05) is 19.4 Å². The summed E-state index contributed by atoms with van der Waals surface area (Å²) < 4.78 is 1.78. The van der Waals surface area contributed by atoms with Crippen molar-refractivity contribution in [3.63, 3.8) is 0 Å². The summed E-state index contributed by atoms with van der Waals surface area (Å²) in [6, 6.07) is 4.55. The van der Waals surface area contributed by atoms with Crippen molar-refractivity contribution in [2.45, 2.75) is 71.5 Å². The number of hydrogen-bond donors (Lipinski definition) is 2. The monoisotopic (exact) mass is 444 g/mol. The van der Waals surface area contributed by atoms with Crippen LogP contribution in [0.15, 0.2) is 36.8 Å². The molecule has 0 bridgehead atoms. The fraction of sp³-hybridized carbons (Fsp3) is 0.462. The number of nitrogens with one attached hydrogen (secondary N) is 2. The van der Waals surface area contributed by atoms with Crippen molar-refractivity contribution in [3.05, 3.63) is 65.0 Å². The number of fused-ring (bicyclic) bond motifs is 2. The Morgan fingerprint density at radius 3 is 2.85 bits per heavy atom. The third kappa shape index (κ3) is 4.42. The average molecular weight is 445 g/mol. The summed E-state index contributed by atoms with van der Waals surface area (Å²) in [7, 11) is 0. The fourth-order valence-corrected chi connectivity index (χ4v) is 5.09. The molecule has 3 aromatic heterocycles. The third-order valence-electron chi connectivity index (χ3n) is 7.12. The van der Waals surface area contributed by atoms with E-state index < -0.39 is 0 Å². The maximum Gasteiger partial charge on any atom is 0.255 e. The molecule has 0 unspecified atom stereocenters. The van der Waals surface area contributed by atoms with E-state index in [2.05, 4.69) is 51.7 Å². The third-order valence-corrected chi connectivity index (χ3v) is 7.12. The van der Waals surface area contributed by atoms with Crippen LogP contribution in [0.2, 0.25) is 0 Å². The highest BCUT2D eigenvalue weighted by Gasteiger charge is 2.24. The number of aromatic nitrogens is 4. The lowest BCUT2D eigenvalue weighted by Crippen LogP contribution is -2.37. The molecule has 2 N–H and O–H groups in total. The summed E-state index contributed by atoms with van der Waals surface area (Å²) in [6.07, 6.45) is 13.5. The number of hydrogen-bond acceptors (Lipinski definition) is 5. The predicted octanol–water partition coefficient (Wildman–Crippen LogP) is 4.05. The van der Waals surface area contributed by atoms with Crippen molar-refractivity contribution in [3.8, 4) is 0 Å². The van der Waals surface area contributed by atoms with Crippen molar-refractivity contribution < 1.29 is 4.79 Å². The van der Waals surface area contributed by atoms with E-state index in [1.165, 1.54) is 19.3 Å². The van der Waals surface area contributed by atoms with Crippen LogP contribution in [0.3, 0.4) is 0 Å². The van der Waals surface area contributed by atoms with Gasteiger partial charge in [0.2, 0.25) is 0 Å². The minimum Gasteiger partial charge on any atom is -0.349 e. The first kappa shape index (κ1) is 21.8. The second kappa shape index (κ2) is 9.06. The molecular formula is C26H32N6O. The summed E-state index contributed by atoms with van der Waals surface area (Å²) in [5.74, 6) is 1.53. The number of amides is 1. The standard InChI is InChI=1S/C26H32N6O/c1-4-18-5-7-20(8-6-18)31-26(33)23-14-29-32-10-9-19(12-25(23)32)21-11-16(2)27-15-24-22(21)13-28-17(3)30-24/h9-14,16,18,20,27H,4-8,15H2,1-3H3,(H,31,33)/t16-,18?,20?/m1/s1. The van der Waals surface area contributed by atoms with E-state index in [0.717, 1.165) is 52.5 Å². The van der Waals surface area contributed by atoms with Crippen LogP contribution in [0.25, 0.3) is 11.1 Å². The van der Waals surface area contributed by atoms with E-state index in [4.69, 9.17) is 0 Å². The van der Waals surface area contributed by atoms with Gasteiger partial charge in [-0.25, -0.2) is 14.5 Å². The molecule has 1 aliphatic heterocycles. The summed E-state index contributed by atoms with van der Waals surface area (Å²) in [6.45, 7) is 7.00. The predicted molar refractivity (Wildman–Crippen MR) is 129 cm³/mol. The second-order valence-corrected chi connectivity index (χ2v) is 9.43. The molecule has 1 fully saturated rings. The van der Waals surface area contributed by atoms with Crippen LogP contribution in [0.4, 0.5) is 0 Å². The van der Waals surface area contributed by atoms with Gasteiger partial charge in [0.15, 0.2) is 0 Å². The lowest BCUT2D eigenvalue weighted by Gasteiger charge is -2.28. The van der Waals surface area contributed by atoms with Crippen LogP contribution in [0.1, 0.15) is 79.0 Å². The van der Waals surface area contributed by atoms with E-state index >= 15 is 0 Å². The zero-order valence-electron chi connectivity index (χ0n) is 19.6. The van der Waals surface area contributed by atoms with Crippen LogP contribution in [-0.4, -0.2) is 37.6 Å². The largest absolute Gasteiger partial charge is 0.349 e. The summed E-state index contributed by atoms with van der Waals surface area (Å²) in [5, 5.41) is 11.2. The van der Waals surface area contributed by atoms with Gasteiger partial charge in [0.25, 0.3) is 5.91 Å². The van der Waals surface area contributed by atoms with Crippen molar-refractivity contribution in [2.24, 2.45) is 5.92 Å². The molecular weight excluding hydrogens is 412 g/mol. The van der Waals surface area contributed by atoms with Crippen LogP contribution in [0.5, 0.6) is 0 Å². The Bertz CT molecular complexity index is 1200. The molecule has 7 nitrogen and oxygen atoms in total. The lowest BCUT2D eigenvalue weighted by molar-refractivity contribution is 0.0923. The molecule has 0 spiro atoms. The van der Waals surface area contributed by atoms with Gasteiger partial charge < -0.3 is 10.6 Å². The van der Waals surface area contributed by atoms with Crippen molar-refractivity contribution in [1.82, 2.24) is 30.2 Å². The molecule has 2 aliphatic rings. The zero-order chi connectivity index (χ0) is 22.9. The maximum absolute atomic E-state index is 13.2. The molecule has 0 radical (unpaired) electrons. The maximum atomic E-state index is 13.2. The molecule has 3 aromatic rings. The lowest BCUT2D eigenvalue weighted by atomic mass is 9.84. The number of nitrogens with zero attached hydrogens (tertiary/aromatic N) is 4. The van der Waals surface area contributed by atoms with Gasteiger partial charge in [-0.05, 0) is 68.7 Å². The Hall–Kier alpha value is -3.06. The van der Waals surface area contributed by atoms with Crippen LogP contribution in [0, 0.1) is 12.8 Å². The molecule has 0 saturated heterocycles. The smallest absolute Gasteiger partial charge is 0.255 e. The van der Waals surface area contributed by atoms with E-state index in [0.29, 0.717) is 12.1 Å². The highest BCUT2D eigenvalue weighted by Crippen LogP contribution is 2.30. The minimum atomic E-state index is -0.0358. The van der Waals surface area contributed by atoms with Crippen LogP contribution >= 0.6 is 0 Å². The Kier molecular flexibility index (Phi) is 5.98. The minimum absolute atomic E-state index is 0.0358. The van der Waals surface area contributed by atoms with Gasteiger partial charge in [-0.3, -0.25) is 4.79 Å². The molecule has 0 aromatic carbocycles. The van der Waals surface area contributed by atoms with E-state index in [-0.39, 0.29) is 18.0 Å². The first-order valence-corrected chi connectivity index (χ1v) is 12.1. The van der Waals surface area contributed by atoms with Gasteiger partial charge in [0, 0.05) is 36.6 Å². The van der Waals surface area contributed by atoms with Crippen molar-refractivity contribution in [1.29, 1.82) is 0 Å².